The van der Waals surface area contributed by atoms with Gasteiger partial charge in [0.2, 0.25) is 0 Å². The van der Waals surface area contributed by atoms with E-state index in [1.165, 1.54) is 36.8 Å². The highest BCUT2D eigenvalue weighted by Crippen LogP contribution is 2.24. The Morgan fingerprint density at radius 3 is 2.18 bits per heavy atom. The standard InChI is InChI=1S/C20H34N2/c1-15(22-19-11-7-17(14-21)8-12-19)13-16-5-9-18(10-6-16)20(2,3)4/h5-6,9-10,15,17,19,22H,7-8,11-14,21H2,1-4H3. The molecule has 0 radical (unpaired) electrons. The smallest absolute Gasteiger partial charge is 0.00817 e. The minimum absolute atomic E-state index is 0.240. The number of hydrogen-bond acceptors (Lipinski definition) is 2. The van der Waals surface area contributed by atoms with Gasteiger partial charge in [-0.3, -0.25) is 0 Å². The molecule has 1 aromatic rings. The fourth-order valence-electron chi connectivity index (χ4n) is 3.52. The molecule has 0 spiro atoms. The summed E-state index contributed by atoms with van der Waals surface area (Å²) in [6.07, 6.45) is 6.27. The highest BCUT2D eigenvalue weighted by atomic mass is 14.9. The van der Waals surface area contributed by atoms with Gasteiger partial charge in [-0.2, -0.15) is 0 Å². The van der Waals surface area contributed by atoms with Gasteiger partial charge in [-0.05, 0) is 68.0 Å². The summed E-state index contributed by atoms with van der Waals surface area (Å²) in [4.78, 5) is 0. The van der Waals surface area contributed by atoms with Crippen molar-refractivity contribution in [2.45, 2.75) is 77.3 Å². The largest absolute Gasteiger partial charge is 0.330 e. The lowest BCUT2D eigenvalue weighted by atomic mass is 9.85. The van der Waals surface area contributed by atoms with E-state index in [2.05, 4.69) is 57.3 Å². The van der Waals surface area contributed by atoms with Gasteiger partial charge in [0.1, 0.15) is 0 Å². The first kappa shape index (κ1) is 17.5. The van der Waals surface area contributed by atoms with Gasteiger partial charge < -0.3 is 11.1 Å². The molecule has 2 nitrogen and oxygen atoms in total. The SMILES string of the molecule is CC(Cc1ccc(C(C)(C)C)cc1)NC1CCC(CN)CC1. The van der Waals surface area contributed by atoms with E-state index in [1.54, 1.807) is 0 Å². The molecule has 22 heavy (non-hydrogen) atoms. The van der Waals surface area contributed by atoms with Crippen LogP contribution in [-0.4, -0.2) is 18.6 Å². The predicted octanol–water partition coefficient (Wildman–Crippen LogP) is 4.02. The maximum absolute atomic E-state index is 5.77. The zero-order valence-corrected chi connectivity index (χ0v) is 14.9. The summed E-state index contributed by atoms with van der Waals surface area (Å²) in [5.74, 6) is 0.762. The van der Waals surface area contributed by atoms with Crippen molar-refractivity contribution in [2.75, 3.05) is 6.54 Å². The maximum Gasteiger partial charge on any atom is 0.00817 e. The van der Waals surface area contributed by atoms with Crippen molar-refractivity contribution in [2.24, 2.45) is 11.7 Å². The summed E-state index contributed by atoms with van der Waals surface area (Å²) in [7, 11) is 0. The van der Waals surface area contributed by atoms with E-state index in [1.807, 2.05) is 0 Å². The molecule has 0 heterocycles. The molecule has 1 atom stereocenters. The molecule has 1 saturated carbocycles. The molecule has 0 saturated heterocycles. The summed E-state index contributed by atoms with van der Waals surface area (Å²) < 4.78 is 0. The third-order valence-corrected chi connectivity index (χ3v) is 5.06. The molecule has 1 aliphatic rings. The summed E-state index contributed by atoms with van der Waals surface area (Å²) in [5.41, 5.74) is 8.86. The van der Waals surface area contributed by atoms with E-state index in [-0.39, 0.29) is 5.41 Å². The highest BCUT2D eigenvalue weighted by Gasteiger charge is 2.21. The highest BCUT2D eigenvalue weighted by molar-refractivity contribution is 5.27. The van der Waals surface area contributed by atoms with Crippen LogP contribution in [0.4, 0.5) is 0 Å². The zero-order valence-electron chi connectivity index (χ0n) is 14.9. The average Bonchev–Trinajstić information content (AvgIpc) is 2.47. The van der Waals surface area contributed by atoms with Crippen LogP contribution in [-0.2, 0) is 11.8 Å². The van der Waals surface area contributed by atoms with Crippen molar-refractivity contribution in [1.82, 2.24) is 5.32 Å². The molecular formula is C20H34N2. The van der Waals surface area contributed by atoms with E-state index in [0.29, 0.717) is 12.1 Å². The molecule has 1 aromatic carbocycles. The van der Waals surface area contributed by atoms with Gasteiger partial charge in [-0.1, -0.05) is 45.0 Å². The lowest BCUT2D eigenvalue weighted by molar-refractivity contribution is 0.281. The molecule has 124 valence electrons. The number of hydrogen-bond donors (Lipinski definition) is 2. The Bertz CT molecular complexity index is 436. The second kappa shape index (κ2) is 7.61. The van der Waals surface area contributed by atoms with Crippen LogP contribution in [0, 0.1) is 5.92 Å². The first-order chi connectivity index (χ1) is 10.4. The molecule has 1 unspecified atom stereocenters. The molecule has 2 heteroatoms. The van der Waals surface area contributed by atoms with Gasteiger partial charge in [0, 0.05) is 12.1 Å². The van der Waals surface area contributed by atoms with Crippen molar-refractivity contribution < 1.29 is 0 Å². The summed E-state index contributed by atoms with van der Waals surface area (Å²) in [6.45, 7) is 9.98. The average molecular weight is 303 g/mol. The molecule has 1 fully saturated rings. The second-order valence-corrected chi connectivity index (χ2v) is 8.17. The normalized spacial score (nSPS) is 24.2. The zero-order chi connectivity index (χ0) is 16.2. The molecule has 1 aliphatic carbocycles. The second-order valence-electron chi connectivity index (χ2n) is 8.17. The van der Waals surface area contributed by atoms with Crippen LogP contribution in [0.2, 0.25) is 0 Å². The van der Waals surface area contributed by atoms with Gasteiger partial charge in [0.25, 0.3) is 0 Å². The van der Waals surface area contributed by atoms with Gasteiger partial charge in [-0.25, -0.2) is 0 Å². The fraction of sp³-hybridized carbons (Fsp3) is 0.700. The molecule has 0 aromatic heterocycles. The van der Waals surface area contributed by atoms with Crippen LogP contribution < -0.4 is 11.1 Å². The topological polar surface area (TPSA) is 38.0 Å². The van der Waals surface area contributed by atoms with Crippen molar-refractivity contribution in [3.8, 4) is 0 Å². The summed E-state index contributed by atoms with van der Waals surface area (Å²) >= 11 is 0. The molecular weight excluding hydrogens is 268 g/mol. The van der Waals surface area contributed by atoms with E-state index >= 15 is 0 Å². The van der Waals surface area contributed by atoms with Gasteiger partial charge in [0.05, 0.1) is 0 Å². The molecule has 2 rings (SSSR count). The van der Waals surface area contributed by atoms with E-state index < -0.39 is 0 Å². The van der Waals surface area contributed by atoms with E-state index in [9.17, 15) is 0 Å². The van der Waals surface area contributed by atoms with Crippen LogP contribution in [0.5, 0.6) is 0 Å². The molecule has 0 amide bonds. The molecule has 0 aliphatic heterocycles. The minimum atomic E-state index is 0.240. The third kappa shape index (κ3) is 5.10. The van der Waals surface area contributed by atoms with Crippen molar-refractivity contribution in [3.63, 3.8) is 0 Å². The monoisotopic (exact) mass is 302 g/mol. The van der Waals surface area contributed by atoms with Crippen LogP contribution >= 0.6 is 0 Å². The van der Waals surface area contributed by atoms with E-state index in [4.69, 9.17) is 5.73 Å². The Balaban J connectivity index is 1.81. The summed E-state index contributed by atoms with van der Waals surface area (Å²) in [6, 6.07) is 10.4. The Kier molecular flexibility index (Phi) is 6.05. The molecule has 3 N–H and O–H groups in total. The van der Waals surface area contributed by atoms with Crippen LogP contribution in [0.3, 0.4) is 0 Å². The Morgan fingerprint density at radius 1 is 1.09 bits per heavy atom. The van der Waals surface area contributed by atoms with Crippen molar-refractivity contribution >= 4 is 0 Å². The lowest BCUT2D eigenvalue weighted by Gasteiger charge is -2.30. The predicted molar refractivity (Wildman–Crippen MR) is 96.2 cm³/mol. The third-order valence-electron chi connectivity index (χ3n) is 5.06. The van der Waals surface area contributed by atoms with Crippen LogP contribution in [0.15, 0.2) is 24.3 Å². The van der Waals surface area contributed by atoms with Gasteiger partial charge in [-0.15, -0.1) is 0 Å². The van der Waals surface area contributed by atoms with Gasteiger partial charge in [0.15, 0.2) is 0 Å². The minimum Gasteiger partial charge on any atom is -0.330 e. The van der Waals surface area contributed by atoms with Gasteiger partial charge >= 0.3 is 0 Å². The first-order valence-electron chi connectivity index (χ1n) is 8.94. The maximum atomic E-state index is 5.77. The number of rotatable bonds is 5. The van der Waals surface area contributed by atoms with Crippen molar-refractivity contribution in [1.29, 1.82) is 0 Å². The first-order valence-corrected chi connectivity index (χ1v) is 8.94. The lowest BCUT2D eigenvalue weighted by Crippen LogP contribution is -2.40. The fourth-order valence-corrected chi connectivity index (χ4v) is 3.52. The Morgan fingerprint density at radius 2 is 1.68 bits per heavy atom. The Hall–Kier alpha value is -0.860. The quantitative estimate of drug-likeness (QED) is 0.862. The Labute approximate surface area is 136 Å². The number of nitrogens with one attached hydrogen (secondary N) is 1. The van der Waals surface area contributed by atoms with Crippen molar-refractivity contribution in [3.05, 3.63) is 35.4 Å². The molecule has 0 bridgehead atoms. The number of nitrogens with two attached hydrogens (primary N) is 1. The number of benzene rings is 1. The van der Waals surface area contributed by atoms with E-state index in [0.717, 1.165) is 18.9 Å². The van der Waals surface area contributed by atoms with Crippen LogP contribution in [0.25, 0.3) is 0 Å². The summed E-state index contributed by atoms with van der Waals surface area (Å²) in [5, 5.41) is 3.82. The van der Waals surface area contributed by atoms with Crippen LogP contribution in [0.1, 0.15) is 64.5 Å².